The second-order valence-electron chi connectivity index (χ2n) is 6.84. The summed E-state index contributed by atoms with van der Waals surface area (Å²) in [4.78, 5) is 13.9. The summed E-state index contributed by atoms with van der Waals surface area (Å²) in [7, 11) is 0. The van der Waals surface area contributed by atoms with Crippen LogP contribution in [-0.4, -0.2) is 39.9 Å². The fraction of sp³-hybridized carbons (Fsp3) is 0.929. The molecule has 0 bridgehead atoms. The number of likely N-dealkylation sites (tertiary alicyclic amines) is 1. The Bertz CT molecular complexity index is 288. The second kappa shape index (κ2) is 5.47. The van der Waals surface area contributed by atoms with Crippen LogP contribution in [0.5, 0.6) is 0 Å². The van der Waals surface area contributed by atoms with Crippen LogP contribution in [0.25, 0.3) is 0 Å². The van der Waals surface area contributed by atoms with Gasteiger partial charge in [-0.1, -0.05) is 0 Å². The van der Waals surface area contributed by atoms with Crippen LogP contribution in [0, 0.1) is 0 Å². The predicted octanol–water partition coefficient (Wildman–Crippen LogP) is 2.94. The molecule has 1 N–H and O–H groups in total. The van der Waals surface area contributed by atoms with Gasteiger partial charge in [-0.3, -0.25) is 0 Å². The second-order valence-corrected chi connectivity index (χ2v) is 6.84. The van der Waals surface area contributed by atoms with Crippen molar-refractivity contribution in [1.82, 2.24) is 4.90 Å². The Balaban J connectivity index is 2.67. The van der Waals surface area contributed by atoms with E-state index in [9.17, 15) is 9.90 Å². The molecule has 1 unspecified atom stereocenters. The SMILES string of the molecule is CC(C)(O)CC1CCCCN1C(=O)OC(C)(C)C. The number of hydrogen-bond donors (Lipinski definition) is 1. The molecule has 0 spiro atoms. The van der Waals surface area contributed by atoms with Crippen LogP contribution in [0.1, 0.15) is 60.3 Å². The number of nitrogens with zero attached hydrogens (tertiary/aromatic N) is 1. The van der Waals surface area contributed by atoms with Gasteiger partial charge in [-0.15, -0.1) is 0 Å². The maximum atomic E-state index is 12.1. The normalized spacial score (nSPS) is 21.9. The van der Waals surface area contributed by atoms with Crippen LogP contribution in [0.2, 0.25) is 0 Å². The Kier molecular flexibility index (Phi) is 4.65. The lowest BCUT2D eigenvalue weighted by atomic mass is 9.92. The zero-order valence-corrected chi connectivity index (χ0v) is 12.3. The third kappa shape index (κ3) is 5.25. The molecule has 0 aromatic rings. The first-order chi connectivity index (χ1) is 8.08. The van der Waals surface area contributed by atoms with E-state index in [4.69, 9.17) is 4.74 Å². The van der Waals surface area contributed by atoms with Crippen LogP contribution in [0.15, 0.2) is 0 Å². The molecule has 106 valence electrons. The Morgan fingerprint density at radius 2 is 1.89 bits per heavy atom. The van der Waals surface area contributed by atoms with Crippen LogP contribution < -0.4 is 0 Å². The molecule has 1 aliphatic heterocycles. The minimum Gasteiger partial charge on any atom is -0.444 e. The molecule has 1 heterocycles. The molecular formula is C14H27NO3. The highest BCUT2D eigenvalue weighted by atomic mass is 16.6. The van der Waals surface area contributed by atoms with E-state index in [1.807, 2.05) is 20.8 Å². The lowest BCUT2D eigenvalue weighted by Crippen LogP contribution is -2.48. The molecule has 0 saturated carbocycles. The first-order valence-electron chi connectivity index (χ1n) is 6.80. The molecule has 1 atom stereocenters. The molecule has 1 amide bonds. The zero-order valence-electron chi connectivity index (χ0n) is 12.3. The standard InChI is InChI=1S/C14H27NO3/c1-13(2,3)18-12(16)15-9-7-6-8-11(15)10-14(4,5)17/h11,17H,6-10H2,1-5H3. The average Bonchev–Trinajstić information content (AvgIpc) is 2.12. The van der Waals surface area contributed by atoms with Crippen molar-refractivity contribution in [2.45, 2.75) is 77.5 Å². The lowest BCUT2D eigenvalue weighted by Gasteiger charge is -2.39. The first-order valence-corrected chi connectivity index (χ1v) is 6.80. The maximum absolute atomic E-state index is 12.1. The van der Waals surface area contributed by atoms with Crippen molar-refractivity contribution in [1.29, 1.82) is 0 Å². The van der Waals surface area contributed by atoms with Crippen molar-refractivity contribution in [3.8, 4) is 0 Å². The quantitative estimate of drug-likeness (QED) is 0.827. The Labute approximate surface area is 110 Å². The zero-order chi connectivity index (χ0) is 14.0. The summed E-state index contributed by atoms with van der Waals surface area (Å²) in [5.41, 5.74) is -1.21. The fourth-order valence-corrected chi connectivity index (χ4v) is 2.35. The summed E-state index contributed by atoms with van der Waals surface area (Å²) in [5, 5.41) is 9.92. The highest BCUT2D eigenvalue weighted by molar-refractivity contribution is 5.68. The predicted molar refractivity (Wildman–Crippen MR) is 71.5 cm³/mol. The third-order valence-electron chi connectivity index (χ3n) is 2.99. The molecule has 0 aromatic carbocycles. The molecule has 0 radical (unpaired) electrons. The number of piperidine rings is 1. The van der Waals surface area contributed by atoms with Gasteiger partial charge in [0.2, 0.25) is 0 Å². The van der Waals surface area contributed by atoms with Crippen LogP contribution in [0.3, 0.4) is 0 Å². The van der Waals surface area contributed by atoms with Crippen molar-refractivity contribution >= 4 is 6.09 Å². The molecule has 1 rings (SSSR count). The molecule has 1 saturated heterocycles. The number of ether oxygens (including phenoxy) is 1. The number of rotatable bonds is 2. The van der Waals surface area contributed by atoms with E-state index < -0.39 is 11.2 Å². The maximum Gasteiger partial charge on any atom is 0.410 e. The summed E-state index contributed by atoms with van der Waals surface area (Å²) >= 11 is 0. The summed E-state index contributed by atoms with van der Waals surface area (Å²) < 4.78 is 5.43. The Hall–Kier alpha value is -0.770. The minimum absolute atomic E-state index is 0.0913. The Morgan fingerprint density at radius 1 is 1.28 bits per heavy atom. The first kappa shape index (κ1) is 15.3. The minimum atomic E-state index is -0.748. The van der Waals surface area contributed by atoms with Crippen LogP contribution >= 0.6 is 0 Å². The van der Waals surface area contributed by atoms with E-state index >= 15 is 0 Å². The van der Waals surface area contributed by atoms with Gasteiger partial charge in [-0.2, -0.15) is 0 Å². The van der Waals surface area contributed by atoms with Crippen molar-refractivity contribution in [3.63, 3.8) is 0 Å². The van der Waals surface area contributed by atoms with E-state index in [1.54, 1.807) is 18.7 Å². The van der Waals surface area contributed by atoms with Crippen molar-refractivity contribution in [3.05, 3.63) is 0 Å². The van der Waals surface area contributed by atoms with Gasteiger partial charge in [-0.05, 0) is 60.3 Å². The highest BCUT2D eigenvalue weighted by Gasteiger charge is 2.33. The van der Waals surface area contributed by atoms with Gasteiger partial charge < -0.3 is 14.7 Å². The van der Waals surface area contributed by atoms with E-state index in [-0.39, 0.29) is 12.1 Å². The summed E-state index contributed by atoms with van der Waals surface area (Å²) in [6.07, 6.45) is 3.42. The summed E-state index contributed by atoms with van der Waals surface area (Å²) in [6.45, 7) is 9.93. The van der Waals surface area contributed by atoms with Crippen LogP contribution in [0.4, 0.5) is 4.79 Å². The Morgan fingerprint density at radius 3 is 2.39 bits per heavy atom. The van der Waals surface area contributed by atoms with Gasteiger partial charge in [0.1, 0.15) is 5.60 Å². The lowest BCUT2D eigenvalue weighted by molar-refractivity contribution is -0.00963. The van der Waals surface area contributed by atoms with Crippen molar-refractivity contribution < 1.29 is 14.6 Å². The molecule has 0 aromatic heterocycles. The van der Waals surface area contributed by atoms with Gasteiger partial charge >= 0.3 is 6.09 Å². The highest BCUT2D eigenvalue weighted by Crippen LogP contribution is 2.26. The van der Waals surface area contributed by atoms with Crippen molar-refractivity contribution in [2.75, 3.05) is 6.54 Å². The molecule has 4 heteroatoms. The van der Waals surface area contributed by atoms with Crippen molar-refractivity contribution in [2.24, 2.45) is 0 Å². The molecule has 0 aliphatic carbocycles. The smallest absolute Gasteiger partial charge is 0.410 e. The van der Waals surface area contributed by atoms with E-state index in [0.29, 0.717) is 6.42 Å². The largest absolute Gasteiger partial charge is 0.444 e. The number of amides is 1. The number of carbonyl (C=O) groups excluding carboxylic acids is 1. The monoisotopic (exact) mass is 257 g/mol. The van der Waals surface area contributed by atoms with Gasteiger partial charge in [0, 0.05) is 12.6 Å². The van der Waals surface area contributed by atoms with E-state index in [1.165, 1.54) is 0 Å². The van der Waals surface area contributed by atoms with Gasteiger partial charge in [0.05, 0.1) is 5.60 Å². The molecule has 18 heavy (non-hydrogen) atoms. The molecule has 4 nitrogen and oxygen atoms in total. The van der Waals surface area contributed by atoms with Gasteiger partial charge in [-0.25, -0.2) is 4.79 Å². The van der Waals surface area contributed by atoms with Gasteiger partial charge in [0.25, 0.3) is 0 Å². The summed E-state index contributed by atoms with van der Waals surface area (Å²) in [6, 6.07) is 0.0913. The number of hydrogen-bond acceptors (Lipinski definition) is 3. The fourth-order valence-electron chi connectivity index (χ4n) is 2.35. The summed E-state index contributed by atoms with van der Waals surface area (Å²) in [5.74, 6) is 0. The molecule has 1 aliphatic rings. The molecule has 1 fully saturated rings. The topological polar surface area (TPSA) is 49.8 Å². The third-order valence-corrected chi connectivity index (χ3v) is 2.99. The average molecular weight is 257 g/mol. The van der Waals surface area contributed by atoms with Crippen LogP contribution in [-0.2, 0) is 4.74 Å². The number of aliphatic hydroxyl groups is 1. The van der Waals surface area contributed by atoms with E-state index in [2.05, 4.69) is 0 Å². The molecular weight excluding hydrogens is 230 g/mol. The van der Waals surface area contributed by atoms with E-state index in [0.717, 1.165) is 25.8 Å². The van der Waals surface area contributed by atoms with Gasteiger partial charge in [0.15, 0.2) is 0 Å². The number of carbonyl (C=O) groups is 1.